The number of nitrogens with zero attached hydrogens (tertiary/aromatic N) is 3. The molecule has 9 nitrogen and oxygen atoms in total. The molecular weight excluding hydrogens is 476 g/mol. The van der Waals surface area contributed by atoms with Crippen molar-refractivity contribution >= 4 is 39.0 Å². The second-order valence-corrected chi connectivity index (χ2v) is 10.8. The number of hydrogen-bond acceptors (Lipinski definition) is 9. The fourth-order valence-electron chi connectivity index (χ4n) is 4.90. The number of thiophene rings is 1. The summed E-state index contributed by atoms with van der Waals surface area (Å²) in [5.74, 6) is 0.796. The number of nitrogens with two attached hydrogens (primary N) is 2. The van der Waals surface area contributed by atoms with E-state index in [2.05, 4.69) is 21.3 Å². The molecule has 5 rings (SSSR count). The van der Waals surface area contributed by atoms with Crippen molar-refractivity contribution in [2.75, 3.05) is 37.4 Å². The average molecular weight is 511 g/mol. The molecule has 36 heavy (non-hydrogen) atoms. The number of rotatable bonds is 7. The largest absolute Gasteiger partial charge is 0.397 e. The Kier molecular flexibility index (Phi) is 7.11. The van der Waals surface area contributed by atoms with Crippen LogP contribution < -0.4 is 21.7 Å². The van der Waals surface area contributed by atoms with Crippen molar-refractivity contribution in [2.45, 2.75) is 57.4 Å². The van der Waals surface area contributed by atoms with E-state index in [1.807, 2.05) is 32.0 Å². The molecule has 0 bridgehead atoms. The summed E-state index contributed by atoms with van der Waals surface area (Å²) in [7, 11) is 1.68. The van der Waals surface area contributed by atoms with Gasteiger partial charge >= 0.3 is 0 Å². The molecule has 1 amide bonds. The van der Waals surface area contributed by atoms with Gasteiger partial charge in [-0.25, -0.2) is 9.97 Å². The van der Waals surface area contributed by atoms with Crippen LogP contribution >= 0.6 is 11.3 Å². The summed E-state index contributed by atoms with van der Waals surface area (Å²) in [4.78, 5) is 26.0. The summed E-state index contributed by atoms with van der Waals surface area (Å²) in [5.41, 5.74) is 16.3. The highest BCUT2D eigenvalue weighted by Gasteiger charge is 2.33. The summed E-state index contributed by atoms with van der Waals surface area (Å²) < 4.78 is 11.3. The molecule has 0 spiro atoms. The van der Waals surface area contributed by atoms with E-state index in [1.165, 1.54) is 16.9 Å². The van der Waals surface area contributed by atoms with Crippen LogP contribution in [0.5, 0.6) is 0 Å². The van der Waals surface area contributed by atoms with Gasteiger partial charge in [0.1, 0.15) is 15.5 Å². The number of carbonyl (C=O) groups is 1. The summed E-state index contributed by atoms with van der Waals surface area (Å²) in [6, 6.07) is 8.00. The molecule has 5 N–H and O–H groups in total. The molecule has 0 aromatic carbocycles. The second-order valence-electron chi connectivity index (χ2n) is 9.83. The zero-order valence-electron chi connectivity index (χ0n) is 21.0. The quantitative estimate of drug-likeness (QED) is 0.442. The van der Waals surface area contributed by atoms with Gasteiger partial charge in [0.25, 0.3) is 5.91 Å². The number of nitrogen functional groups attached to an aromatic ring is 1. The first-order valence-electron chi connectivity index (χ1n) is 12.4. The molecule has 2 aliphatic rings. The topological polar surface area (TPSA) is 129 Å². The molecular formula is C26H34N6O3S. The predicted octanol–water partition coefficient (Wildman–Crippen LogP) is 2.44. The van der Waals surface area contributed by atoms with Crippen LogP contribution in [0, 0.1) is 6.92 Å². The Hall–Kier alpha value is -2.79. The lowest BCUT2D eigenvalue weighted by Gasteiger charge is -2.26. The Labute approximate surface area is 215 Å². The van der Waals surface area contributed by atoms with Crippen molar-refractivity contribution in [3.63, 3.8) is 0 Å². The Morgan fingerprint density at radius 1 is 1.28 bits per heavy atom. The van der Waals surface area contributed by atoms with Crippen LogP contribution in [-0.4, -0.2) is 67.0 Å². The number of anilines is 2. The van der Waals surface area contributed by atoms with Crippen LogP contribution in [0.15, 0.2) is 24.3 Å². The highest BCUT2D eigenvalue weighted by molar-refractivity contribution is 7.21. The van der Waals surface area contributed by atoms with Crippen molar-refractivity contribution in [1.82, 2.24) is 15.3 Å². The Balaban J connectivity index is 1.22. The van der Waals surface area contributed by atoms with E-state index in [0.29, 0.717) is 30.3 Å². The molecule has 1 aliphatic heterocycles. The lowest BCUT2D eigenvalue weighted by Crippen LogP contribution is -2.39. The number of ether oxygens (including phenoxy) is 2. The lowest BCUT2D eigenvalue weighted by molar-refractivity contribution is -0.0166. The van der Waals surface area contributed by atoms with Gasteiger partial charge < -0.3 is 31.2 Å². The van der Waals surface area contributed by atoms with E-state index < -0.39 is 0 Å². The van der Waals surface area contributed by atoms with Gasteiger partial charge in [0.15, 0.2) is 0 Å². The maximum Gasteiger partial charge on any atom is 0.263 e. The van der Waals surface area contributed by atoms with Crippen LogP contribution in [0.2, 0.25) is 0 Å². The van der Waals surface area contributed by atoms with E-state index in [9.17, 15) is 4.79 Å². The van der Waals surface area contributed by atoms with Crippen molar-refractivity contribution < 1.29 is 14.3 Å². The predicted molar refractivity (Wildman–Crippen MR) is 143 cm³/mol. The fourth-order valence-corrected chi connectivity index (χ4v) is 5.94. The van der Waals surface area contributed by atoms with Crippen molar-refractivity contribution in [1.29, 1.82) is 0 Å². The number of hydrogen-bond donors (Lipinski definition) is 3. The Morgan fingerprint density at radius 2 is 2.11 bits per heavy atom. The van der Waals surface area contributed by atoms with Crippen molar-refractivity contribution in [2.24, 2.45) is 5.73 Å². The molecule has 4 heterocycles. The zero-order chi connectivity index (χ0) is 25.4. The molecule has 1 saturated heterocycles. The summed E-state index contributed by atoms with van der Waals surface area (Å²) in [6.07, 6.45) is 2.38. The Morgan fingerprint density at radius 3 is 2.92 bits per heavy atom. The number of carbonyl (C=O) groups excluding carboxylic acids is 1. The molecule has 1 aliphatic carbocycles. The summed E-state index contributed by atoms with van der Waals surface area (Å²) >= 11 is 1.35. The average Bonchev–Trinajstić information content (AvgIpc) is 3.41. The highest BCUT2D eigenvalue weighted by atomic mass is 32.1. The number of fused-ring (bicyclic) bond motifs is 2. The third-order valence-electron chi connectivity index (χ3n) is 7.10. The summed E-state index contributed by atoms with van der Waals surface area (Å²) in [6.45, 7) is 5.86. The number of nitrogens with one attached hydrogen (secondary N) is 1. The Bertz CT molecular complexity index is 1260. The van der Waals surface area contributed by atoms with E-state index in [0.717, 1.165) is 46.7 Å². The van der Waals surface area contributed by atoms with Gasteiger partial charge in [-0.2, -0.15) is 0 Å². The smallest absolute Gasteiger partial charge is 0.263 e. The van der Waals surface area contributed by atoms with E-state index in [4.69, 9.17) is 25.9 Å². The molecule has 1 fully saturated rings. The number of pyridine rings is 2. The molecule has 0 radical (unpaired) electrons. The first-order chi connectivity index (χ1) is 17.3. The zero-order valence-corrected chi connectivity index (χ0v) is 21.8. The third-order valence-corrected chi connectivity index (χ3v) is 8.22. The monoisotopic (exact) mass is 510 g/mol. The van der Waals surface area contributed by atoms with Gasteiger partial charge in [0.05, 0.1) is 30.5 Å². The maximum atomic E-state index is 13.0. The van der Waals surface area contributed by atoms with Gasteiger partial charge in [-0.05, 0) is 56.9 Å². The first-order valence-corrected chi connectivity index (χ1v) is 13.2. The minimum atomic E-state index is -0.133. The van der Waals surface area contributed by atoms with Gasteiger partial charge in [-0.3, -0.25) is 4.79 Å². The van der Waals surface area contributed by atoms with Gasteiger partial charge in [-0.15, -0.1) is 11.3 Å². The van der Waals surface area contributed by atoms with Crippen LogP contribution in [0.4, 0.5) is 11.5 Å². The molecule has 3 aromatic heterocycles. The molecule has 3 aromatic rings. The molecule has 10 heteroatoms. The van der Waals surface area contributed by atoms with Crippen LogP contribution in [0.3, 0.4) is 0 Å². The van der Waals surface area contributed by atoms with E-state index in [-0.39, 0.29) is 30.2 Å². The molecule has 4 atom stereocenters. The minimum Gasteiger partial charge on any atom is -0.397 e. The molecule has 192 valence electrons. The molecule has 0 saturated carbocycles. The standard InChI is InChI=1S/C26H34N6O3S/c1-14-4-7-18-23(28)24(36-26(18)29-14)25(33)30-17-6-8-20-16(10-17)5-9-22(31-20)32-11-19(27)21(12-32)35-13-15(2)34-3/h4-5,7,9,15,17,19,21H,6,8,10-13,27-28H2,1-3H3,(H,30,33)/t15-,17+,19+,21+/m1/s1. The van der Waals surface area contributed by atoms with Crippen molar-refractivity contribution in [3.8, 4) is 0 Å². The SMILES string of the molecule is CO[C@H](C)CO[C@H]1CN(c2ccc3c(n2)CC[C@H](NC(=O)c2sc4nc(C)ccc4c2N)C3)C[C@@H]1N. The first kappa shape index (κ1) is 24.9. The lowest BCUT2D eigenvalue weighted by atomic mass is 9.91. The highest BCUT2D eigenvalue weighted by Crippen LogP contribution is 2.33. The van der Waals surface area contributed by atoms with Gasteiger partial charge in [-0.1, -0.05) is 6.07 Å². The number of aromatic nitrogens is 2. The summed E-state index contributed by atoms with van der Waals surface area (Å²) in [5, 5.41) is 4.02. The normalized spacial score (nSPS) is 22.6. The minimum absolute atomic E-state index is 0.0396. The molecule has 0 unspecified atom stereocenters. The number of aryl methyl sites for hydroxylation is 2. The van der Waals surface area contributed by atoms with Gasteiger partial charge in [0, 0.05) is 43.0 Å². The van der Waals surface area contributed by atoms with Crippen LogP contribution in [-0.2, 0) is 22.3 Å². The maximum absolute atomic E-state index is 13.0. The van der Waals surface area contributed by atoms with E-state index >= 15 is 0 Å². The van der Waals surface area contributed by atoms with Gasteiger partial charge in [0.2, 0.25) is 0 Å². The van der Waals surface area contributed by atoms with Crippen LogP contribution in [0.1, 0.15) is 40.0 Å². The second kappa shape index (κ2) is 10.3. The van der Waals surface area contributed by atoms with E-state index in [1.54, 1.807) is 7.11 Å². The fraction of sp³-hybridized carbons (Fsp3) is 0.500. The van der Waals surface area contributed by atoms with Crippen LogP contribution in [0.25, 0.3) is 10.2 Å². The van der Waals surface area contributed by atoms with Crippen molar-refractivity contribution in [3.05, 3.63) is 46.1 Å². The number of amides is 1. The third kappa shape index (κ3) is 5.04. The number of methoxy groups -OCH3 is 1.